The van der Waals surface area contributed by atoms with Crippen LogP contribution in [0.25, 0.3) is 0 Å². The second kappa shape index (κ2) is 7.68. The van der Waals surface area contributed by atoms with Gasteiger partial charge in [-0.15, -0.1) is 0 Å². The molecule has 1 N–H and O–H groups in total. The molecule has 5 heteroatoms. The minimum atomic E-state index is -0.293. The fourth-order valence-corrected chi connectivity index (χ4v) is 3.06. The van der Waals surface area contributed by atoms with Crippen molar-refractivity contribution in [2.75, 3.05) is 6.54 Å². The summed E-state index contributed by atoms with van der Waals surface area (Å²) in [5.41, 5.74) is 3.47. The van der Waals surface area contributed by atoms with Crippen molar-refractivity contribution >= 4 is 11.8 Å². The van der Waals surface area contributed by atoms with Gasteiger partial charge in [-0.25, -0.2) is 4.39 Å². The van der Waals surface area contributed by atoms with Crippen molar-refractivity contribution in [3.8, 4) is 0 Å². The van der Waals surface area contributed by atoms with Gasteiger partial charge in [-0.2, -0.15) is 0 Å². The minimum Gasteiger partial charge on any atom is -0.343 e. The number of nitrogens with zero attached hydrogens (tertiary/aromatic N) is 1. The first kappa shape index (κ1) is 18.1. The number of aryl methyl sites for hydroxylation is 2. The predicted octanol–water partition coefficient (Wildman–Crippen LogP) is 3.36. The first-order valence-corrected chi connectivity index (χ1v) is 8.83. The van der Waals surface area contributed by atoms with E-state index in [9.17, 15) is 14.0 Å². The Kier molecular flexibility index (Phi) is 5.35. The minimum absolute atomic E-state index is 0.0382. The molecule has 0 aromatic heterocycles. The molecule has 1 fully saturated rings. The van der Waals surface area contributed by atoms with Gasteiger partial charge in [0.25, 0.3) is 5.91 Å². The summed E-state index contributed by atoms with van der Waals surface area (Å²) < 4.78 is 13.1. The zero-order valence-electron chi connectivity index (χ0n) is 15.1. The van der Waals surface area contributed by atoms with E-state index in [1.807, 2.05) is 32.0 Å². The van der Waals surface area contributed by atoms with Crippen LogP contribution in [-0.2, 0) is 11.3 Å². The summed E-state index contributed by atoms with van der Waals surface area (Å²) in [6, 6.07) is 12.0. The van der Waals surface area contributed by atoms with E-state index in [1.165, 1.54) is 12.1 Å². The van der Waals surface area contributed by atoms with Gasteiger partial charge < -0.3 is 10.2 Å². The Bertz CT molecular complexity index is 793. The van der Waals surface area contributed by atoms with Crippen molar-refractivity contribution in [1.29, 1.82) is 0 Å². The summed E-state index contributed by atoms with van der Waals surface area (Å²) in [6.07, 6.45) is 1.94. The molecule has 0 heterocycles. The number of benzene rings is 2. The van der Waals surface area contributed by atoms with Crippen LogP contribution in [0.2, 0.25) is 0 Å². The molecule has 1 aliphatic carbocycles. The van der Waals surface area contributed by atoms with Crippen LogP contribution in [0.4, 0.5) is 4.39 Å². The van der Waals surface area contributed by atoms with E-state index in [4.69, 9.17) is 0 Å². The molecule has 2 amide bonds. The molecule has 3 rings (SSSR count). The maximum absolute atomic E-state index is 13.1. The summed E-state index contributed by atoms with van der Waals surface area (Å²) in [6.45, 7) is 4.27. The molecule has 1 aliphatic rings. The number of halogens is 1. The first-order chi connectivity index (χ1) is 12.4. The lowest BCUT2D eigenvalue weighted by atomic mass is 10.1. The molecule has 0 aliphatic heterocycles. The van der Waals surface area contributed by atoms with Gasteiger partial charge in [0.1, 0.15) is 5.82 Å². The molecule has 0 spiro atoms. The van der Waals surface area contributed by atoms with Gasteiger partial charge in [0.2, 0.25) is 5.91 Å². The highest BCUT2D eigenvalue weighted by Crippen LogP contribution is 2.28. The number of hydrogen-bond donors (Lipinski definition) is 1. The van der Waals surface area contributed by atoms with Crippen molar-refractivity contribution in [1.82, 2.24) is 10.2 Å². The Morgan fingerprint density at radius 1 is 1.08 bits per heavy atom. The molecule has 1 saturated carbocycles. The average Bonchev–Trinajstić information content (AvgIpc) is 3.43. The maximum Gasteiger partial charge on any atom is 0.251 e. The van der Waals surface area contributed by atoms with E-state index in [0.29, 0.717) is 12.1 Å². The monoisotopic (exact) mass is 354 g/mol. The molecular weight excluding hydrogens is 331 g/mol. The fourth-order valence-electron chi connectivity index (χ4n) is 3.06. The quantitative estimate of drug-likeness (QED) is 0.865. The number of rotatable bonds is 6. The van der Waals surface area contributed by atoms with Crippen molar-refractivity contribution in [2.45, 2.75) is 39.3 Å². The smallest absolute Gasteiger partial charge is 0.251 e. The van der Waals surface area contributed by atoms with E-state index < -0.39 is 0 Å². The predicted molar refractivity (Wildman–Crippen MR) is 98.2 cm³/mol. The normalized spacial score (nSPS) is 13.3. The molecule has 136 valence electrons. The zero-order valence-corrected chi connectivity index (χ0v) is 15.1. The van der Waals surface area contributed by atoms with E-state index in [1.54, 1.807) is 17.0 Å². The number of carbonyl (C=O) groups is 2. The third-order valence-electron chi connectivity index (χ3n) is 4.46. The summed E-state index contributed by atoms with van der Waals surface area (Å²) >= 11 is 0. The van der Waals surface area contributed by atoms with Gasteiger partial charge >= 0.3 is 0 Å². The molecule has 26 heavy (non-hydrogen) atoms. The highest BCUT2D eigenvalue weighted by molar-refractivity contribution is 5.96. The Morgan fingerprint density at radius 3 is 2.27 bits per heavy atom. The Labute approximate surface area is 153 Å². The van der Waals surface area contributed by atoms with Gasteiger partial charge in [-0.1, -0.05) is 29.3 Å². The largest absolute Gasteiger partial charge is 0.343 e. The number of carbonyl (C=O) groups excluding carboxylic acids is 2. The van der Waals surface area contributed by atoms with Crippen molar-refractivity contribution < 1.29 is 14.0 Å². The number of hydrogen-bond acceptors (Lipinski definition) is 2. The average molecular weight is 354 g/mol. The SMILES string of the molecule is Cc1cc(C)cc(C(=O)NCC(=O)N(Cc2ccc(F)cc2)C2CC2)c1. The van der Waals surface area contributed by atoms with Gasteiger partial charge in [0.05, 0.1) is 6.54 Å². The van der Waals surface area contributed by atoms with Crippen LogP contribution < -0.4 is 5.32 Å². The van der Waals surface area contributed by atoms with Crippen LogP contribution >= 0.6 is 0 Å². The topological polar surface area (TPSA) is 49.4 Å². The van der Waals surface area contributed by atoms with E-state index in [2.05, 4.69) is 5.32 Å². The third kappa shape index (κ3) is 4.69. The lowest BCUT2D eigenvalue weighted by Crippen LogP contribution is -2.41. The van der Waals surface area contributed by atoms with Crippen molar-refractivity contribution in [3.63, 3.8) is 0 Å². The molecule has 0 saturated heterocycles. The highest BCUT2D eigenvalue weighted by atomic mass is 19.1. The third-order valence-corrected chi connectivity index (χ3v) is 4.46. The standard InChI is InChI=1S/C21H23FN2O2/c1-14-9-15(2)11-17(10-14)21(26)23-12-20(25)24(19-7-8-19)13-16-3-5-18(22)6-4-16/h3-6,9-11,19H,7-8,12-13H2,1-2H3,(H,23,26). The number of nitrogens with one attached hydrogen (secondary N) is 1. The van der Waals surface area contributed by atoms with Crippen LogP contribution in [0.15, 0.2) is 42.5 Å². The first-order valence-electron chi connectivity index (χ1n) is 8.83. The lowest BCUT2D eigenvalue weighted by Gasteiger charge is -2.23. The van der Waals surface area contributed by atoms with Gasteiger partial charge in [-0.3, -0.25) is 9.59 Å². The second-order valence-electron chi connectivity index (χ2n) is 6.94. The van der Waals surface area contributed by atoms with Crippen LogP contribution in [0.5, 0.6) is 0 Å². The van der Waals surface area contributed by atoms with Crippen LogP contribution in [0.3, 0.4) is 0 Å². The Hall–Kier alpha value is -2.69. The van der Waals surface area contributed by atoms with Crippen LogP contribution in [0.1, 0.15) is 39.9 Å². The van der Waals surface area contributed by atoms with Crippen molar-refractivity contribution in [3.05, 3.63) is 70.5 Å². The highest BCUT2D eigenvalue weighted by Gasteiger charge is 2.32. The zero-order chi connectivity index (χ0) is 18.7. The molecule has 0 bridgehead atoms. The molecule has 0 radical (unpaired) electrons. The van der Waals surface area contributed by atoms with Crippen molar-refractivity contribution in [2.24, 2.45) is 0 Å². The Balaban J connectivity index is 1.61. The lowest BCUT2D eigenvalue weighted by molar-refractivity contribution is -0.131. The van der Waals surface area contributed by atoms with E-state index >= 15 is 0 Å². The van der Waals surface area contributed by atoms with E-state index in [0.717, 1.165) is 29.5 Å². The van der Waals surface area contributed by atoms with Gasteiger partial charge in [0, 0.05) is 18.2 Å². The summed E-state index contributed by atoms with van der Waals surface area (Å²) in [5.74, 6) is -0.656. The molecule has 4 nitrogen and oxygen atoms in total. The van der Waals surface area contributed by atoms with Gasteiger partial charge in [-0.05, 0) is 56.5 Å². The summed E-state index contributed by atoms with van der Waals surface area (Å²) in [7, 11) is 0. The summed E-state index contributed by atoms with van der Waals surface area (Å²) in [4.78, 5) is 26.7. The number of amides is 2. The molecule has 0 unspecified atom stereocenters. The van der Waals surface area contributed by atoms with Gasteiger partial charge in [0.15, 0.2) is 0 Å². The molecule has 2 aromatic rings. The summed E-state index contributed by atoms with van der Waals surface area (Å²) in [5, 5.41) is 2.72. The Morgan fingerprint density at radius 2 is 1.69 bits per heavy atom. The molecular formula is C21H23FN2O2. The van der Waals surface area contributed by atoms with E-state index in [-0.39, 0.29) is 30.2 Å². The van der Waals surface area contributed by atoms with Crippen LogP contribution in [0, 0.1) is 19.7 Å². The second-order valence-corrected chi connectivity index (χ2v) is 6.94. The molecule has 2 aromatic carbocycles. The maximum atomic E-state index is 13.1. The fraction of sp³-hybridized carbons (Fsp3) is 0.333. The molecule has 0 atom stereocenters. The van der Waals surface area contributed by atoms with Crippen LogP contribution in [-0.4, -0.2) is 29.3 Å².